The number of aromatic nitrogens is 2. The third kappa shape index (κ3) is 5.96. The number of nitrogens with one attached hydrogen (secondary N) is 1. The zero-order chi connectivity index (χ0) is 30.8. The summed E-state index contributed by atoms with van der Waals surface area (Å²) in [5, 5.41) is 14.0. The standard InChI is InChI=1S/C32H30N4O8/c37-27(13-20-5-2-1-3-6-20)22-10-11-25-26(15-22)34(18-30(38)33-23-7-4-8-24(16-23)36(41)42)32(40)35(31(25)39)17-21-9-12-28-29(14-21)44-19-43-28/h4,7-12,14-16,20H,1-3,5-6,13,17-19H2,(H,33,38). The quantitative estimate of drug-likeness (QED) is 0.166. The minimum Gasteiger partial charge on any atom is -0.454 e. The molecule has 1 aliphatic carbocycles. The number of amides is 1. The number of nitrogens with zero attached hydrogens (tertiary/aromatic N) is 3. The van der Waals surface area contributed by atoms with E-state index < -0.39 is 28.6 Å². The van der Waals surface area contributed by atoms with Gasteiger partial charge in [0.1, 0.15) is 6.54 Å². The molecule has 0 spiro atoms. The number of hydrogen-bond donors (Lipinski definition) is 1. The second-order valence-electron chi connectivity index (χ2n) is 11.2. The molecular formula is C32H30N4O8. The van der Waals surface area contributed by atoms with E-state index in [9.17, 15) is 29.3 Å². The van der Waals surface area contributed by atoms with Crippen LogP contribution >= 0.6 is 0 Å². The summed E-state index contributed by atoms with van der Waals surface area (Å²) >= 11 is 0. The number of ether oxygens (including phenoxy) is 2. The number of carbonyl (C=O) groups is 2. The molecule has 1 N–H and O–H groups in total. The van der Waals surface area contributed by atoms with Gasteiger partial charge in [-0.25, -0.2) is 4.79 Å². The van der Waals surface area contributed by atoms with Gasteiger partial charge >= 0.3 is 5.69 Å². The molecule has 2 aliphatic rings. The maximum Gasteiger partial charge on any atom is 0.332 e. The predicted molar refractivity (Wildman–Crippen MR) is 161 cm³/mol. The second-order valence-corrected chi connectivity index (χ2v) is 11.2. The zero-order valence-electron chi connectivity index (χ0n) is 23.8. The fourth-order valence-electron chi connectivity index (χ4n) is 5.92. The third-order valence-corrected chi connectivity index (χ3v) is 8.17. The van der Waals surface area contributed by atoms with Gasteiger partial charge in [0.2, 0.25) is 12.7 Å². The van der Waals surface area contributed by atoms with Crippen LogP contribution in [0.25, 0.3) is 10.9 Å². The monoisotopic (exact) mass is 598 g/mol. The molecule has 3 aromatic carbocycles. The molecule has 2 heterocycles. The van der Waals surface area contributed by atoms with E-state index in [-0.39, 0.29) is 41.4 Å². The van der Waals surface area contributed by atoms with Crippen molar-refractivity contribution in [3.63, 3.8) is 0 Å². The van der Waals surface area contributed by atoms with E-state index in [0.717, 1.165) is 34.8 Å². The number of nitro benzene ring substituents is 1. The van der Waals surface area contributed by atoms with Crippen molar-refractivity contribution in [3.8, 4) is 11.5 Å². The zero-order valence-corrected chi connectivity index (χ0v) is 23.8. The van der Waals surface area contributed by atoms with Gasteiger partial charge in [-0.3, -0.25) is 33.6 Å². The van der Waals surface area contributed by atoms with Gasteiger partial charge in [-0.2, -0.15) is 0 Å². The molecule has 12 nitrogen and oxygen atoms in total. The van der Waals surface area contributed by atoms with E-state index in [1.807, 2.05) is 0 Å². The number of rotatable bonds is 9. The molecule has 1 aliphatic heterocycles. The van der Waals surface area contributed by atoms with Gasteiger partial charge < -0.3 is 14.8 Å². The molecule has 4 aromatic rings. The lowest BCUT2D eigenvalue weighted by atomic mass is 9.85. The predicted octanol–water partition coefficient (Wildman–Crippen LogP) is 4.64. The summed E-state index contributed by atoms with van der Waals surface area (Å²) in [4.78, 5) is 64.6. The van der Waals surface area contributed by atoms with Crippen LogP contribution in [0.1, 0.15) is 54.4 Å². The summed E-state index contributed by atoms with van der Waals surface area (Å²) in [6.45, 7) is -0.526. The van der Waals surface area contributed by atoms with Crippen LogP contribution in [0.15, 0.2) is 70.3 Å². The Balaban J connectivity index is 1.38. The third-order valence-electron chi connectivity index (χ3n) is 8.17. The molecule has 6 rings (SSSR count). The van der Waals surface area contributed by atoms with Crippen molar-refractivity contribution in [2.45, 2.75) is 51.6 Å². The highest BCUT2D eigenvalue weighted by Crippen LogP contribution is 2.32. The van der Waals surface area contributed by atoms with E-state index in [1.54, 1.807) is 24.3 Å². The number of benzene rings is 3. The number of carbonyl (C=O) groups excluding carboxylic acids is 2. The van der Waals surface area contributed by atoms with Crippen LogP contribution in [-0.4, -0.2) is 32.5 Å². The summed E-state index contributed by atoms with van der Waals surface area (Å²) in [5.74, 6) is 0.628. The number of fused-ring (bicyclic) bond motifs is 2. The van der Waals surface area contributed by atoms with E-state index in [0.29, 0.717) is 35.0 Å². The van der Waals surface area contributed by atoms with Gasteiger partial charge in [0.05, 0.1) is 22.4 Å². The Morgan fingerprint density at radius 1 is 0.932 bits per heavy atom. The first kappa shape index (κ1) is 28.8. The lowest BCUT2D eigenvalue weighted by Crippen LogP contribution is -2.42. The van der Waals surface area contributed by atoms with Crippen molar-refractivity contribution >= 4 is 34.0 Å². The molecule has 12 heteroatoms. The topological polar surface area (TPSA) is 152 Å². The lowest BCUT2D eigenvalue weighted by molar-refractivity contribution is -0.384. The van der Waals surface area contributed by atoms with Gasteiger partial charge in [-0.1, -0.05) is 50.3 Å². The van der Waals surface area contributed by atoms with Gasteiger partial charge in [-0.15, -0.1) is 0 Å². The number of anilines is 1. The summed E-state index contributed by atoms with van der Waals surface area (Å²) in [5.41, 5.74) is -0.202. The van der Waals surface area contributed by atoms with Crippen LogP contribution in [0, 0.1) is 16.0 Å². The Morgan fingerprint density at radius 2 is 1.73 bits per heavy atom. The molecule has 1 fully saturated rings. The molecule has 0 bridgehead atoms. The highest BCUT2D eigenvalue weighted by Gasteiger charge is 2.22. The summed E-state index contributed by atoms with van der Waals surface area (Å²) < 4.78 is 13.0. The fourth-order valence-corrected chi connectivity index (χ4v) is 5.92. The smallest absolute Gasteiger partial charge is 0.332 e. The lowest BCUT2D eigenvalue weighted by Gasteiger charge is -2.21. The van der Waals surface area contributed by atoms with Crippen LogP contribution in [0.5, 0.6) is 11.5 Å². The van der Waals surface area contributed by atoms with Crippen molar-refractivity contribution in [2.75, 3.05) is 12.1 Å². The van der Waals surface area contributed by atoms with Gasteiger partial charge in [0.25, 0.3) is 11.2 Å². The van der Waals surface area contributed by atoms with Crippen LogP contribution in [-0.2, 0) is 17.9 Å². The Hall–Kier alpha value is -5.26. The number of ketones is 1. The molecule has 1 amide bonds. The summed E-state index contributed by atoms with van der Waals surface area (Å²) in [6.07, 6.45) is 5.72. The summed E-state index contributed by atoms with van der Waals surface area (Å²) in [6, 6.07) is 15.2. The maximum atomic E-state index is 13.9. The van der Waals surface area contributed by atoms with E-state index in [4.69, 9.17) is 9.47 Å². The van der Waals surface area contributed by atoms with E-state index in [2.05, 4.69) is 5.32 Å². The Labute approximate surface area is 251 Å². The minimum atomic E-state index is -0.744. The molecular weight excluding hydrogens is 568 g/mol. The average Bonchev–Trinajstić information content (AvgIpc) is 3.50. The number of Topliss-reactive ketones (excluding diaryl/α,β-unsaturated/α-hetero) is 1. The SMILES string of the molecule is O=C(Cn1c(=O)n(Cc2ccc3c(c2)OCO3)c(=O)c2ccc(C(=O)CC3CCCCC3)cc21)Nc1cccc([N+](=O)[O-])c1. The number of non-ortho nitro benzene ring substituents is 1. The van der Waals surface area contributed by atoms with Crippen LogP contribution in [0.4, 0.5) is 11.4 Å². The Bertz CT molecular complexity index is 1910. The molecule has 0 unspecified atom stereocenters. The van der Waals surface area contributed by atoms with Crippen molar-refractivity contribution in [2.24, 2.45) is 5.92 Å². The molecule has 0 radical (unpaired) electrons. The minimum absolute atomic E-state index is 0.0724. The van der Waals surface area contributed by atoms with Crippen molar-refractivity contribution in [1.29, 1.82) is 0 Å². The summed E-state index contributed by atoms with van der Waals surface area (Å²) in [7, 11) is 0. The highest BCUT2D eigenvalue weighted by atomic mass is 16.7. The number of hydrogen-bond acceptors (Lipinski definition) is 8. The normalized spacial score (nSPS) is 14.5. The first-order chi connectivity index (χ1) is 21.3. The molecule has 1 saturated carbocycles. The van der Waals surface area contributed by atoms with Gasteiger partial charge in [-0.05, 0) is 41.8 Å². The molecule has 0 atom stereocenters. The second kappa shape index (κ2) is 12.2. The first-order valence-corrected chi connectivity index (χ1v) is 14.5. The van der Waals surface area contributed by atoms with Crippen molar-refractivity contribution < 1.29 is 24.0 Å². The Morgan fingerprint density at radius 3 is 2.52 bits per heavy atom. The average molecular weight is 599 g/mol. The van der Waals surface area contributed by atoms with Crippen molar-refractivity contribution in [1.82, 2.24) is 9.13 Å². The molecule has 0 saturated heterocycles. The Kier molecular flexibility index (Phi) is 7.97. The van der Waals surface area contributed by atoms with Gasteiger partial charge in [0.15, 0.2) is 17.3 Å². The molecule has 226 valence electrons. The molecule has 44 heavy (non-hydrogen) atoms. The maximum absolute atomic E-state index is 13.9. The fraction of sp³-hybridized carbons (Fsp3) is 0.312. The van der Waals surface area contributed by atoms with Crippen LogP contribution < -0.4 is 26.0 Å². The van der Waals surface area contributed by atoms with Crippen LogP contribution in [0.2, 0.25) is 0 Å². The first-order valence-electron chi connectivity index (χ1n) is 14.5. The van der Waals surface area contributed by atoms with Crippen LogP contribution in [0.3, 0.4) is 0 Å². The van der Waals surface area contributed by atoms with E-state index in [1.165, 1.54) is 42.8 Å². The largest absolute Gasteiger partial charge is 0.454 e. The van der Waals surface area contributed by atoms with E-state index >= 15 is 0 Å². The van der Waals surface area contributed by atoms with Gasteiger partial charge in [0, 0.05) is 29.8 Å². The van der Waals surface area contributed by atoms with Crippen molar-refractivity contribution in [3.05, 3.63) is 103 Å². The number of nitro groups is 1. The molecule has 1 aromatic heterocycles. The highest BCUT2D eigenvalue weighted by molar-refractivity contribution is 5.99.